The fourth-order valence-corrected chi connectivity index (χ4v) is 2.02. The zero-order chi connectivity index (χ0) is 14.7. The molecule has 0 aliphatic carbocycles. The number of carbonyl (C=O) groups excluding carboxylic acids is 1. The largest absolute Gasteiger partial charge is 0.311 e. The molecule has 0 atom stereocenters. The summed E-state index contributed by atoms with van der Waals surface area (Å²) < 4.78 is 1.51. The second-order valence-electron chi connectivity index (χ2n) is 4.50. The molecule has 6 heteroatoms. The van der Waals surface area contributed by atoms with Crippen LogP contribution in [0.3, 0.4) is 0 Å². The topological polar surface area (TPSA) is 63.9 Å². The first-order valence-corrected chi connectivity index (χ1v) is 6.42. The summed E-state index contributed by atoms with van der Waals surface area (Å²) in [4.78, 5) is 14.1. The highest BCUT2D eigenvalue weighted by Crippen LogP contribution is 2.16. The van der Waals surface area contributed by atoms with Crippen molar-refractivity contribution in [2.45, 2.75) is 0 Å². The van der Waals surface area contributed by atoms with Gasteiger partial charge >= 0.3 is 0 Å². The third-order valence-corrected chi connectivity index (χ3v) is 3.15. The molecule has 6 nitrogen and oxygen atoms in total. The first kappa shape index (κ1) is 13.0. The van der Waals surface area contributed by atoms with Crippen molar-refractivity contribution in [1.29, 1.82) is 0 Å². The maximum atomic E-state index is 12.5. The summed E-state index contributed by atoms with van der Waals surface area (Å²) >= 11 is 0. The number of hydrogen-bond donors (Lipinski definition) is 0. The van der Waals surface area contributed by atoms with Crippen LogP contribution in [-0.2, 0) is 0 Å². The van der Waals surface area contributed by atoms with E-state index in [1.54, 1.807) is 24.1 Å². The van der Waals surface area contributed by atoms with Crippen LogP contribution in [0.25, 0.3) is 5.69 Å². The maximum Gasteiger partial charge on any atom is 0.258 e. The van der Waals surface area contributed by atoms with Crippen molar-refractivity contribution in [3.8, 4) is 5.69 Å². The Hall–Kier alpha value is -3.02. The van der Waals surface area contributed by atoms with Gasteiger partial charge in [0.1, 0.15) is 6.33 Å². The molecular formula is C15H13N5O. The van der Waals surface area contributed by atoms with E-state index >= 15 is 0 Å². The first-order valence-electron chi connectivity index (χ1n) is 6.42. The molecule has 1 amide bonds. The van der Waals surface area contributed by atoms with Crippen LogP contribution in [-0.4, -0.2) is 33.2 Å². The molecule has 104 valence electrons. The Bertz CT molecular complexity index is 740. The summed E-state index contributed by atoms with van der Waals surface area (Å²) in [5.74, 6) is -0.0869. The summed E-state index contributed by atoms with van der Waals surface area (Å²) in [7, 11) is 1.75. The Morgan fingerprint density at radius 2 is 1.90 bits per heavy atom. The zero-order valence-corrected chi connectivity index (χ0v) is 11.4. The molecule has 0 saturated carbocycles. The third-order valence-electron chi connectivity index (χ3n) is 3.15. The van der Waals surface area contributed by atoms with Crippen molar-refractivity contribution in [3.63, 3.8) is 0 Å². The summed E-state index contributed by atoms with van der Waals surface area (Å²) in [5.41, 5.74) is 2.16. The van der Waals surface area contributed by atoms with Crippen LogP contribution >= 0.6 is 0 Å². The fraction of sp³-hybridized carbons (Fsp3) is 0.0667. The monoisotopic (exact) mass is 279 g/mol. The maximum absolute atomic E-state index is 12.5. The molecule has 0 spiro atoms. The minimum Gasteiger partial charge on any atom is -0.311 e. The van der Waals surface area contributed by atoms with Gasteiger partial charge in [0.2, 0.25) is 0 Å². The van der Waals surface area contributed by atoms with Gasteiger partial charge in [-0.05, 0) is 40.8 Å². The molecule has 2 aromatic carbocycles. The van der Waals surface area contributed by atoms with E-state index in [0.29, 0.717) is 5.56 Å². The molecule has 21 heavy (non-hydrogen) atoms. The number of nitrogens with zero attached hydrogens (tertiary/aromatic N) is 5. The Morgan fingerprint density at radius 1 is 1.10 bits per heavy atom. The van der Waals surface area contributed by atoms with E-state index < -0.39 is 0 Å². The van der Waals surface area contributed by atoms with E-state index in [4.69, 9.17) is 0 Å². The molecule has 1 aromatic heterocycles. The van der Waals surface area contributed by atoms with E-state index in [9.17, 15) is 4.79 Å². The van der Waals surface area contributed by atoms with E-state index in [2.05, 4.69) is 15.5 Å². The van der Waals surface area contributed by atoms with Crippen LogP contribution in [0.2, 0.25) is 0 Å². The van der Waals surface area contributed by atoms with Crippen LogP contribution in [0.15, 0.2) is 60.9 Å². The minimum atomic E-state index is -0.0869. The molecule has 0 saturated heterocycles. The van der Waals surface area contributed by atoms with Gasteiger partial charge in [0.05, 0.1) is 5.69 Å². The number of hydrogen-bond acceptors (Lipinski definition) is 4. The molecule has 3 rings (SSSR count). The zero-order valence-electron chi connectivity index (χ0n) is 11.4. The van der Waals surface area contributed by atoms with Gasteiger partial charge in [-0.25, -0.2) is 4.68 Å². The van der Waals surface area contributed by atoms with Gasteiger partial charge in [0.15, 0.2) is 0 Å². The lowest BCUT2D eigenvalue weighted by molar-refractivity contribution is 0.0993. The first-order chi connectivity index (χ1) is 10.3. The molecule has 0 radical (unpaired) electrons. The van der Waals surface area contributed by atoms with E-state index in [1.807, 2.05) is 42.5 Å². The molecule has 0 aliphatic heterocycles. The normalized spacial score (nSPS) is 10.3. The van der Waals surface area contributed by atoms with Gasteiger partial charge in [0.25, 0.3) is 5.91 Å². The summed E-state index contributed by atoms with van der Waals surface area (Å²) in [6, 6.07) is 16.7. The van der Waals surface area contributed by atoms with Crippen molar-refractivity contribution >= 4 is 11.6 Å². The van der Waals surface area contributed by atoms with Gasteiger partial charge in [-0.2, -0.15) is 0 Å². The Kier molecular flexibility index (Phi) is 3.42. The number of carbonyl (C=O) groups is 1. The smallest absolute Gasteiger partial charge is 0.258 e. The van der Waals surface area contributed by atoms with Crippen molar-refractivity contribution in [2.24, 2.45) is 0 Å². The molecule has 0 aliphatic rings. The molecule has 0 bridgehead atoms. The van der Waals surface area contributed by atoms with Crippen molar-refractivity contribution in [3.05, 3.63) is 66.5 Å². The molecule has 0 fully saturated rings. The highest BCUT2D eigenvalue weighted by atomic mass is 16.2. The second kappa shape index (κ2) is 5.54. The summed E-state index contributed by atoms with van der Waals surface area (Å²) in [6.45, 7) is 0. The molecule has 1 heterocycles. The Morgan fingerprint density at radius 3 is 2.62 bits per heavy atom. The van der Waals surface area contributed by atoms with Crippen LogP contribution < -0.4 is 4.90 Å². The summed E-state index contributed by atoms with van der Waals surface area (Å²) in [5, 5.41) is 11.0. The Labute approximate surface area is 121 Å². The van der Waals surface area contributed by atoms with Gasteiger partial charge < -0.3 is 4.90 Å². The van der Waals surface area contributed by atoms with Crippen LogP contribution in [0.4, 0.5) is 5.69 Å². The Balaban J connectivity index is 1.90. The second-order valence-corrected chi connectivity index (χ2v) is 4.50. The third kappa shape index (κ3) is 2.64. The average Bonchev–Trinajstić information content (AvgIpc) is 3.09. The van der Waals surface area contributed by atoms with Gasteiger partial charge in [-0.3, -0.25) is 4.79 Å². The fourth-order valence-electron chi connectivity index (χ4n) is 2.02. The lowest BCUT2D eigenvalue weighted by atomic mass is 10.1. The number of rotatable bonds is 3. The minimum absolute atomic E-state index is 0.0869. The quantitative estimate of drug-likeness (QED) is 0.735. The SMILES string of the molecule is CN(C(=O)c1cccc(-n2cnnn2)c1)c1ccccc1. The lowest BCUT2D eigenvalue weighted by Gasteiger charge is -2.17. The van der Waals surface area contributed by atoms with E-state index in [0.717, 1.165) is 11.4 Å². The predicted molar refractivity (Wildman–Crippen MR) is 78.3 cm³/mol. The highest BCUT2D eigenvalue weighted by Gasteiger charge is 2.14. The number of tetrazole rings is 1. The lowest BCUT2D eigenvalue weighted by Crippen LogP contribution is -2.26. The predicted octanol–water partition coefficient (Wildman–Crippen LogP) is 1.94. The van der Waals surface area contributed by atoms with Gasteiger partial charge in [-0.15, -0.1) is 5.10 Å². The van der Waals surface area contributed by atoms with Crippen LogP contribution in [0.1, 0.15) is 10.4 Å². The van der Waals surface area contributed by atoms with Gasteiger partial charge in [-0.1, -0.05) is 24.3 Å². The van der Waals surface area contributed by atoms with Crippen LogP contribution in [0.5, 0.6) is 0 Å². The molecule has 0 N–H and O–H groups in total. The number of aromatic nitrogens is 4. The number of anilines is 1. The average molecular weight is 279 g/mol. The van der Waals surface area contributed by atoms with Crippen molar-refractivity contribution < 1.29 is 4.79 Å². The van der Waals surface area contributed by atoms with Crippen molar-refractivity contribution in [1.82, 2.24) is 20.2 Å². The number of benzene rings is 2. The van der Waals surface area contributed by atoms with Crippen molar-refractivity contribution in [2.75, 3.05) is 11.9 Å². The number of para-hydroxylation sites is 1. The molecular weight excluding hydrogens is 266 g/mol. The van der Waals surface area contributed by atoms with E-state index in [1.165, 1.54) is 11.0 Å². The van der Waals surface area contributed by atoms with E-state index in [-0.39, 0.29) is 5.91 Å². The number of amides is 1. The van der Waals surface area contributed by atoms with Gasteiger partial charge in [0, 0.05) is 18.3 Å². The summed E-state index contributed by atoms with van der Waals surface area (Å²) in [6.07, 6.45) is 1.49. The highest BCUT2D eigenvalue weighted by molar-refractivity contribution is 6.06. The van der Waals surface area contributed by atoms with Crippen LogP contribution in [0, 0.1) is 0 Å². The standard InChI is InChI=1S/C15H13N5O/c1-19(13-7-3-2-4-8-13)15(21)12-6-5-9-14(10-12)20-11-16-17-18-20/h2-11H,1H3. The molecule has 0 unspecified atom stereocenters. The molecule has 3 aromatic rings.